The van der Waals surface area contributed by atoms with Crippen LogP contribution in [0.25, 0.3) is 0 Å². The number of pyridine rings is 1. The van der Waals surface area contributed by atoms with E-state index in [9.17, 15) is 4.79 Å². The van der Waals surface area contributed by atoms with E-state index >= 15 is 0 Å². The fraction of sp³-hybridized carbons (Fsp3) is 0.538. The first-order valence-corrected chi connectivity index (χ1v) is 6.01. The molecule has 92 valence electrons. The van der Waals surface area contributed by atoms with E-state index in [0.717, 1.165) is 12.2 Å². The number of carboxylic acid groups (broad SMARTS) is 1. The molecule has 0 amide bonds. The average Bonchev–Trinajstić information content (AvgIpc) is 2.82. The van der Waals surface area contributed by atoms with Crippen molar-refractivity contribution in [1.82, 2.24) is 4.98 Å². The fourth-order valence-corrected chi connectivity index (χ4v) is 2.20. The lowest BCUT2D eigenvalue weighted by Crippen LogP contribution is -2.06. The number of hydrogen-bond acceptors (Lipinski definition) is 3. The normalized spacial score (nSPS) is 16.2. The largest absolute Gasteiger partial charge is 0.477 e. The number of aromatic nitrogens is 1. The van der Waals surface area contributed by atoms with Crippen molar-refractivity contribution in [2.75, 3.05) is 6.61 Å². The summed E-state index contributed by atoms with van der Waals surface area (Å²) in [5, 5.41) is 8.80. The summed E-state index contributed by atoms with van der Waals surface area (Å²) in [5.41, 5.74) is 0.947. The first-order valence-electron chi connectivity index (χ1n) is 6.01. The lowest BCUT2D eigenvalue weighted by atomic mass is 10.1. The summed E-state index contributed by atoms with van der Waals surface area (Å²) in [5.74, 6) is -0.307. The monoisotopic (exact) mass is 235 g/mol. The van der Waals surface area contributed by atoms with Crippen LogP contribution in [-0.2, 0) is 11.3 Å². The highest BCUT2D eigenvalue weighted by molar-refractivity contribution is 5.85. The van der Waals surface area contributed by atoms with E-state index in [1.165, 1.54) is 31.9 Å². The number of rotatable bonds is 5. The van der Waals surface area contributed by atoms with E-state index in [1.54, 1.807) is 12.1 Å². The van der Waals surface area contributed by atoms with E-state index in [1.807, 2.05) is 0 Å². The molecule has 0 aliphatic heterocycles. The second kappa shape index (κ2) is 5.77. The molecule has 0 bridgehead atoms. The summed E-state index contributed by atoms with van der Waals surface area (Å²) in [6.45, 7) is 1.25. The van der Waals surface area contributed by atoms with E-state index in [-0.39, 0.29) is 5.69 Å². The molecule has 1 aromatic rings. The Kier molecular flexibility index (Phi) is 4.09. The van der Waals surface area contributed by atoms with Gasteiger partial charge in [0.1, 0.15) is 5.69 Å². The zero-order valence-electron chi connectivity index (χ0n) is 9.76. The maximum Gasteiger partial charge on any atom is 0.354 e. The van der Waals surface area contributed by atoms with Crippen LogP contribution in [0.3, 0.4) is 0 Å². The second-order valence-corrected chi connectivity index (χ2v) is 4.52. The molecule has 1 aliphatic carbocycles. The van der Waals surface area contributed by atoms with E-state index < -0.39 is 5.97 Å². The number of hydrogen-bond donors (Lipinski definition) is 1. The van der Waals surface area contributed by atoms with Gasteiger partial charge < -0.3 is 9.84 Å². The molecule has 4 heteroatoms. The van der Waals surface area contributed by atoms with Crippen LogP contribution in [0.1, 0.15) is 41.7 Å². The van der Waals surface area contributed by atoms with Crippen LogP contribution >= 0.6 is 0 Å². The molecule has 1 fully saturated rings. The van der Waals surface area contributed by atoms with Crippen LogP contribution in [-0.4, -0.2) is 22.7 Å². The minimum atomic E-state index is -0.998. The maximum absolute atomic E-state index is 10.7. The minimum Gasteiger partial charge on any atom is -0.477 e. The van der Waals surface area contributed by atoms with Gasteiger partial charge in [0.2, 0.25) is 0 Å². The summed E-state index contributed by atoms with van der Waals surface area (Å²) in [6, 6.07) is 3.36. The standard InChI is InChI=1S/C13H17NO3/c15-13(16)12-7-11(5-6-14-12)9-17-8-10-3-1-2-4-10/h5-7,10H,1-4,8-9H2,(H,15,16). The van der Waals surface area contributed by atoms with Gasteiger partial charge in [-0.3, -0.25) is 0 Å². The smallest absolute Gasteiger partial charge is 0.354 e. The van der Waals surface area contributed by atoms with Gasteiger partial charge in [0.05, 0.1) is 6.61 Å². The molecule has 0 atom stereocenters. The summed E-state index contributed by atoms with van der Waals surface area (Å²) in [6.07, 6.45) is 6.66. The first kappa shape index (κ1) is 12.0. The first-order chi connectivity index (χ1) is 8.25. The molecule has 0 spiro atoms. The highest BCUT2D eigenvalue weighted by atomic mass is 16.5. The molecule has 0 aromatic carbocycles. The summed E-state index contributed by atoms with van der Waals surface area (Å²) in [4.78, 5) is 14.5. The van der Waals surface area contributed by atoms with E-state index in [0.29, 0.717) is 12.5 Å². The molecule has 1 N–H and O–H groups in total. The van der Waals surface area contributed by atoms with E-state index in [4.69, 9.17) is 9.84 Å². The Morgan fingerprint density at radius 1 is 1.47 bits per heavy atom. The topological polar surface area (TPSA) is 59.4 Å². The number of carbonyl (C=O) groups is 1. The quantitative estimate of drug-likeness (QED) is 0.851. The van der Waals surface area contributed by atoms with Gasteiger partial charge in [0.15, 0.2) is 0 Å². The van der Waals surface area contributed by atoms with Crippen molar-refractivity contribution in [3.8, 4) is 0 Å². The Morgan fingerprint density at radius 3 is 2.94 bits per heavy atom. The van der Waals surface area contributed by atoms with Crippen LogP contribution in [0.5, 0.6) is 0 Å². The highest BCUT2D eigenvalue weighted by Crippen LogP contribution is 2.24. The Hall–Kier alpha value is -1.42. The van der Waals surface area contributed by atoms with Crippen molar-refractivity contribution >= 4 is 5.97 Å². The van der Waals surface area contributed by atoms with Gasteiger partial charge >= 0.3 is 5.97 Å². The summed E-state index contributed by atoms with van der Waals surface area (Å²) >= 11 is 0. The van der Waals surface area contributed by atoms with Gasteiger partial charge in [-0.1, -0.05) is 12.8 Å². The van der Waals surface area contributed by atoms with Gasteiger partial charge in [-0.05, 0) is 36.5 Å². The third-order valence-electron chi connectivity index (χ3n) is 3.14. The van der Waals surface area contributed by atoms with Crippen LogP contribution in [0.2, 0.25) is 0 Å². The van der Waals surface area contributed by atoms with Crippen LogP contribution < -0.4 is 0 Å². The number of ether oxygens (including phenoxy) is 1. The molecule has 17 heavy (non-hydrogen) atoms. The van der Waals surface area contributed by atoms with Gasteiger partial charge in [-0.2, -0.15) is 0 Å². The van der Waals surface area contributed by atoms with Gasteiger partial charge in [-0.25, -0.2) is 9.78 Å². The third-order valence-corrected chi connectivity index (χ3v) is 3.14. The van der Waals surface area contributed by atoms with Crippen LogP contribution in [0, 0.1) is 5.92 Å². The molecule has 2 rings (SSSR count). The predicted molar refractivity (Wildman–Crippen MR) is 62.8 cm³/mol. The van der Waals surface area contributed by atoms with Crippen molar-refractivity contribution in [3.05, 3.63) is 29.6 Å². The molecule has 1 saturated carbocycles. The van der Waals surface area contributed by atoms with Crippen molar-refractivity contribution in [3.63, 3.8) is 0 Å². The van der Waals surface area contributed by atoms with Crippen molar-refractivity contribution in [2.24, 2.45) is 5.92 Å². The lowest BCUT2D eigenvalue weighted by molar-refractivity contribution is 0.0689. The number of carboxylic acids is 1. The highest BCUT2D eigenvalue weighted by Gasteiger charge is 2.14. The van der Waals surface area contributed by atoms with Crippen LogP contribution in [0.4, 0.5) is 0 Å². The van der Waals surface area contributed by atoms with Crippen molar-refractivity contribution in [1.29, 1.82) is 0 Å². The molecule has 1 aliphatic rings. The van der Waals surface area contributed by atoms with Crippen LogP contribution in [0.15, 0.2) is 18.3 Å². The number of nitrogens with zero attached hydrogens (tertiary/aromatic N) is 1. The fourth-order valence-electron chi connectivity index (χ4n) is 2.20. The van der Waals surface area contributed by atoms with E-state index in [2.05, 4.69) is 4.98 Å². The maximum atomic E-state index is 10.7. The molecular weight excluding hydrogens is 218 g/mol. The Morgan fingerprint density at radius 2 is 2.24 bits per heavy atom. The molecule has 0 unspecified atom stereocenters. The summed E-state index contributed by atoms with van der Waals surface area (Å²) in [7, 11) is 0. The Labute approximate surface area is 101 Å². The minimum absolute atomic E-state index is 0.0759. The van der Waals surface area contributed by atoms with Crippen molar-refractivity contribution in [2.45, 2.75) is 32.3 Å². The third kappa shape index (κ3) is 3.53. The molecule has 1 heterocycles. The average molecular weight is 235 g/mol. The SMILES string of the molecule is O=C(O)c1cc(COCC2CCCC2)ccn1. The number of aromatic carboxylic acids is 1. The van der Waals surface area contributed by atoms with Gasteiger partial charge in [0, 0.05) is 12.8 Å². The second-order valence-electron chi connectivity index (χ2n) is 4.52. The predicted octanol–water partition coefficient (Wildman–Crippen LogP) is 2.49. The van der Waals surface area contributed by atoms with Gasteiger partial charge in [0.25, 0.3) is 0 Å². The molecule has 4 nitrogen and oxygen atoms in total. The Bertz CT molecular complexity index is 386. The Balaban J connectivity index is 1.81. The zero-order chi connectivity index (χ0) is 12.1. The van der Waals surface area contributed by atoms with Gasteiger partial charge in [-0.15, -0.1) is 0 Å². The molecular formula is C13H17NO3. The molecule has 0 saturated heterocycles. The van der Waals surface area contributed by atoms with Crippen molar-refractivity contribution < 1.29 is 14.6 Å². The molecule has 0 radical (unpaired) electrons. The summed E-state index contributed by atoms with van der Waals surface area (Å²) < 4.78 is 5.62. The zero-order valence-corrected chi connectivity index (χ0v) is 9.76. The molecule has 1 aromatic heterocycles. The lowest BCUT2D eigenvalue weighted by Gasteiger charge is -2.09.